The summed E-state index contributed by atoms with van der Waals surface area (Å²) in [5, 5.41) is 10.4. The van der Waals surface area contributed by atoms with Crippen LogP contribution in [0.25, 0.3) is 11.3 Å². The summed E-state index contributed by atoms with van der Waals surface area (Å²) >= 11 is 6.07. The van der Waals surface area contributed by atoms with E-state index in [9.17, 15) is 5.11 Å². The van der Waals surface area contributed by atoms with Gasteiger partial charge in [-0.3, -0.25) is 0 Å². The van der Waals surface area contributed by atoms with E-state index in [2.05, 4.69) is 9.97 Å². The van der Waals surface area contributed by atoms with Crippen molar-refractivity contribution in [3.8, 4) is 17.0 Å². The summed E-state index contributed by atoms with van der Waals surface area (Å²) in [4.78, 5) is 7.23. The normalized spacial score (nSPS) is 11.6. The van der Waals surface area contributed by atoms with E-state index in [1.54, 1.807) is 39.3 Å². The van der Waals surface area contributed by atoms with E-state index in [0.717, 1.165) is 11.3 Å². The predicted octanol–water partition coefficient (Wildman–Crippen LogP) is 2.97. The average Bonchev–Trinajstić information content (AvgIpc) is 2.77. The second kappa shape index (κ2) is 4.63. The minimum Gasteiger partial charge on any atom is -0.495 e. The van der Waals surface area contributed by atoms with Crippen molar-refractivity contribution in [2.24, 2.45) is 0 Å². The van der Waals surface area contributed by atoms with E-state index in [0.29, 0.717) is 16.6 Å². The number of H-pyrrole nitrogens is 1. The van der Waals surface area contributed by atoms with Crippen molar-refractivity contribution in [3.05, 3.63) is 35.2 Å². The zero-order valence-electron chi connectivity index (χ0n) is 10.5. The van der Waals surface area contributed by atoms with Crippen molar-refractivity contribution in [3.63, 3.8) is 0 Å². The molecule has 0 aliphatic heterocycles. The van der Waals surface area contributed by atoms with Crippen LogP contribution in [0, 0.1) is 0 Å². The fraction of sp³-hybridized carbons (Fsp3) is 0.308. The molecule has 2 aromatic rings. The number of hydrogen-bond acceptors (Lipinski definition) is 3. The van der Waals surface area contributed by atoms with E-state index >= 15 is 0 Å². The molecule has 0 atom stereocenters. The summed E-state index contributed by atoms with van der Waals surface area (Å²) < 4.78 is 5.10. The van der Waals surface area contributed by atoms with Gasteiger partial charge >= 0.3 is 0 Å². The van der Waals surface area contributed by atoms with Gasteiger partial charge in [-0.05, 0) is 32.0 Å². The van der Waals surface area contributed by atoms with Crippen LogP contribution >= 0.6 is 11.6 Å². The number of rotatable bonds is 3. The maximum Gasteiger partial charge on any atom is 0.138 e. The highest BCUT2D eigenvalue weighted by molar-refractivity contribution is 6.32. The molecule has 4 nitrogen and oxygen atoms in total. The highest BCUT2D eigenvalue weighted by Gasteiger charge is 2.20. The summed E-state index contributed by atoms with van der Waals surface area (Å²) in [6.45, 7) is 3.35. The molecule has 0 aliphatic carbocycles. The van der Waals surface area contributed by atoms with E-state index in [1.807, 2.05) is 6.07 Å². The summed E-state index contributed by atoms with van der Waals surface area (Å²) in [7, 11) is 1.57. The van der Waals surface area contributed by atoms with Crippen LogP contribution in [0.2, 0.25) is 5.02 Å². The average molecular weight is 267 g/mol. The summed E-state index contributed by atoms with van der Waals surface area (Å²) in [6, 6.07) is 5.47. The zero-order valence-corrected chi connectivity index (χ0v) is 11.2. The minimum atomic E-state index is -0.992. The summed E-state index contributed by atoms with van der Waals surface area (Å²) in [5.41, 5.74) is 0.703. The second-order valence-corrected chi connectivity index (χ2v) is 4.96. The van der Waals surface area contributed by atoms with Crippen molar-refractivity contribution in [2.45, 2.75) is 19.4 Å². The van der Waals surface area contributed by atoms with Crippen LogP contribution in [0.5, 0.6) is 5.75 Å². The Balaban J connectivity index is 2.38. The molecule has 0 saturated carbocycles. The van der Waals surface area contributed by atoms with Gasteiger partial charge in [0.25, 0.3) is 0 Å². The summed E-state index contributed by atoms with van der Waals surface area (Å²) in [6.07, 6.45) is 1.67. The van der Waals surface area contributed by atoms with Gasteiger partial charge in [-0.15, -0.1) is 0 Å². The lowest BCUT2D eigenvalue weighted by Crippen LogP contribution is -2.17. The Morgan fingerprint density at radius 2 is 2.11 bits per heavy atom. The highest BCUT2D eigenvalue weighted by Crippen LogP contribution is 2.30. The lowest BCUT2D eigenvalue weighted by molar-refractivity contribution is 0.0697. The van der Waals surface area contributed by atoms with Gasteiger partial charge in [0.2, 0.25) is 0 Å². The molecule has 1 aromatic carbocycles. The highest BCUT2D eigenvalue weighted by atomic mass is 35.5. The van der Waals surface area contributed by atoms with E-state index in [-0.39, 0.29) is 0 Å². The Morgan fingerprint density at radius 3 is 2.61 bits per heavy atom. The van der Waals surface area contributed by atoms with Crippen LogP contribution in [0.3, 0.4) is 0 Å². The van der Waals surface area contributed by atoms with Crippen molar-refractivity contribution in [2.75, 3.05) is 7.11 Å². The van der Waals surface area contributed by atoms with Gasteiger partial charge in [0.15, 0.2) is 0 Å². The molecular formula is C13H15ClN2O2. The molecule has 0 bridgehead atoms. The first kappa shape index (κ1) is 12.9. The second-order valence-electron chi connectivity index (χ2n) is 4.55. The Morgan fingerprint density at radius 1 is 1.39 bits per heavy atom. The first-order chi connectivity index (χ1) is 8.41. The molecule has 1 heterocycles. The molecule has 0 aliphatic rings. The van der Waals surface area contributed by atoms with Gasteiger partial charge in [0.1, 0.15) is 17.2 Å². The van der Waals surface area contributed by atoms with E-state index in [1.165, 1.54) is 0 Å². The van der Waals surface area contributed by atoms with Gasteiger partial charge in [-0.2, -0.15) is 0 Å². The number of nitrogens with one attached hydrogen (secondary N) is 1. The number of methoxy groups -OCH3 is 1. The number of benzene rings is 1. The molecule has 0 radical (unpaired) electrons. The predicted molar refractivity (Wildman–Crippen MR) is 70.8 cm³/mol. The molecule has 0 unspecified atom stereocenters. The fourth-order valence-electron chi connectivity index (χ4n) is 1.61. The third-order valence-electron chi connectivity index (χ3n) is 2.62. The lowest BCUT2D eigenvalue weighted by Gasteiger charge is -2.13. The maximum absolute atomic E-state index is 9.85. The number of hydrogen-bond donors (Lipinski definition) is 2. The largest absolute Gasteiger partial charge is 0.495 e. The number of halogens is 1. The molecular weight excluding hydrogens is 252 g/mol. The monoisotopic (exact) mass is 266 g/mol. The lowest BCUT2D eigenvalue weighted by atomic mass is 10.1. The van der Waals surface area contributed by atoms with Crippen LogP contribution in [-0.2, 0) is 5.60 Å². The van der Waals surface area contributed by atoms with Crippen molar-refractivity contribution >= 4 is 11.6 Å². The van der Waals surface area contributed by atoms with Crippen LogP contribution in [-0.4, -0.2) is 22.2 Å². The van der Waals surface area contributed by atoms with Crippen LogP contribution in [0.1, 0.15) is 19.7 Å². The number of ether oxygens (including phenoxy) is 1. The van der Waals surface area contributed by atoms with Gasteiger partial charge in [-0.1, -0.05) is 11.6 Å². The van der Waals surface area contributed by atoms with Crippen LogP contribution < -0.4 is 4.74 Å². The van der Waals surface area contributed by atoms with Crippen molar-refractivity contribution in [1.29, 1.82) is 0 Å². The topological polar surface area (TPSA) is 58.1 Å². The Bertz CT molecular complexity index is 558. The number of aliphatic hydroxyl groups is 1. The molecule has 96 valence electrons. The Kier molecular flexibility index (Phi) is 3.32. The maximum atomic E-state index is 9.85. The van der Waals surface area contributed by atoms with Gasteiger partial charge in [0, 0.05) is 5.56 Å². The first-order valence-corrected chi connectivity index (χ1v) is 5.91. The Hall–Kier alpha value is -1.52. The zero-order chi connectivity index (χ0) is 13.3. The molecule has 0 amide bonds. The first-order valence-electron chi connectivity index (χ1n) is 5.53. The smallest absolute Gasteiger partial charge is 0.138 e. The SMILES string of the molecule is COc1ccc(-c2cnc(C(C)(C)O)[nH]2)cc1Cl. The quantitative estimate of drug-likeness (QED) is 0.898. The van der Waals surface area contributed by atoms with Gasteiger partial charge in [0.05, 0.1) is 24.0 Å². The molecule has 2 rings (SSSR count). The molecule has 1 aromatic heterocycles. The molecule has 0 fully saturated rings. The van der Waals surface area contributed by atoms with Gasteiger partial charge < -0.3 is 14.8 Å². The van der Waals surface area contributed by atoms with Crippen LogP contribution in [0.15, 0.2) is 24.4 Å². The molecule has 2 N–H and O–H groups in total. The van der Waals surface area contributed by atoms with Crippen LogP contribution in [0.4, 0.5) is 0 Å². The fourth-order valence-corrected chi connectivity index (χ4v) is 1.87. The molecule has 18 heavy (non-hydrogen) atoms. The number of nitrogens with zero attached hydrogens (tertiary/aromatic N) is 1. The minimum absolute atomic E-state index is 0.518. The Labute approximate surface area is 111 Å². The number of aromatic amines is 1. The summed E-state index contributed by atoms with van der Waals surface area (Å²) in [5.74, 6) is 1.15. The van der Waals surface area contributed by atoms with Crippen molar-refractivity contribution < 1.29 is 9.84 Å². The van der Waals surface area contributed by atoms with E-state index in [4.69, 9.17) is 16.3 Å². The third-order valence-corrected chi connectivity index (χ3v) is 2.91. The van der Waals surface area contributed by atoms with E-state index < -0.39 is 5.60 Å². The van der Waals surface area contributed by atoms with Gasteiger partial charge in [-0.25, -0.2) is 4.98 Å². The molecule has 5 heteroatoms. The molecule has 0 saturated heterocycles. The standard InChI is InChI=1S/C13H15ClN2O2/c1-13(2,17)12-15-7-10(16-12)8-4-5-11(18-3)9(14)6-8/h4-7,17H,1-3H3,(H,15,16). The molecule has 0 spiro atoms. The van der Waals surface area contributed by atoms with Crippen molar-refractivity contribution in [1.82, 2.24) is 9.97 Å². The third kappa shape index (κ3) is 2.49. The number of imidazole rings is 1. The number of aromatic nitrogens is 2.